The average molecular weight is 465 g/mol. The normalized spacial score (nSPS) is 13.9. The molecule has 9 nitrogen and oxygen atoms in total. The van der Waals surface area contributed by atoms with E-state index in [0.29, 0.717) is 50.7 Å². The minimum Gasteiger partial charge on any atom is -0.459 e. The number of halogens is 1. The fourth-order valence-electron chi connectivity index (χ4n) is 3.83. The highest BCUT2D eigenvalue weighted by Gasteiger charge is 2.29. The first-order valence-electron chi connectivity index (χ1n) is 11.0. The van der Waals surface area contributed by atoms with Gasteiger partial charge < -0.3 is 24.4 Å². The second kappa shape index (κ2) is 10.7. The molecule has 0 radical (unpaired) electrons. The highest BCUT2D eigenvalue weighted by atomic mass is 19.1. The lowest BCUT2D eigenvalue weighted by Gasteiger charge is -2.30. The number of oxazole rings is 1. The summed E-state index contributed by atoms with van der Waals surface area (Å²) in [5.74, 6) is 0.313. The van der Waals surface area contributed by atoms with Crippen LogP contribution in [0.5, 0.6) is 0 Å². The molecule has 1 saturated heterocycles. The minimum absolute atomic E-state index is 0.0678. The van der Waals surface area contributed by atoms with Gasteiger partial charge in [-0.1, -0.05) is 12.1 Å². The van der Waals surface area contributed by atoms with Crippen molar-refractivity contribution in [2.75, 3.05) is 31.1 Å². The number of piperidine rings is 1. The fourth-order valence-corrected chi connectivity index (χ4v) is 3.83. The van der Waals surface area contributed by atoms with Crippen LogP contribution >= 0.6 is 0 Å². The lowest BCUT2D eigenvalue weighted by molar-refractivity contribution is -0.126. The van der Waals surface area contributed by atoms with Gasteiger partial charge in [0.2, 0.25) is 23.4 Å². The summed E-state index contributed by atoms with van der Waals surface area (Å²) in [6.07, 6.45) is 2.86. The van der Waals surface area contributed by atoms with Gasteiger partial charge in [0.15, 0.2) is 5.76 Å². The zero-order valence-corrected chi connectivity index (χ0v) is 18.4. The molecule has 1 aliphatic heterocycles. The number of nitriles is 1. The number of amides is 2. The Balaban J connectivity index is 1.19. The van der Waals surface area contributed by atoms with E-state index < -0.39 is 0 Å². The molecule has 0 atom stereocenters. The first kappa shape index (κ1) is 23.0. The average Bonchev–Trinajstić information content (AvgIpc) is 3.53. The lowest BCUT2D eigenvalue weighted by atomic mass is 9.96. The third-order valence-corrected chi connectivity index (χ3v) is 5.62. The molecule has 2 aromatic heterocycles. The molecule has 3 aromatic rings. The third-order valence-electron chi connectivity index (χ3n) is 5.62. The van der Waals surface area contributed by atoms with E-state index in [1.165, 1.54) is 18.4 Å². The van der Waals surface area contributed by atoms with Gasteiger partial charge in [-0.15, -0.1) is 0 Å². The molecular formula is C24H24FN5O4. The summed E-state index contributed by atoms with van der Waals surface area (Å²) in [6, 6.07) is 11.2. The number of nitrogens with one attached hydrogen (secondary N) is 2. The van der Waals surface area contributed by atoms with Gasteiger partial charge in [-0.2, -0.15) is 10.2 Å². The number of carbonyl (C=O) groups excluding carboxylic acids is 2. The molecule has 2 N–H and O–H groups in total. The van der Waals surface area contributed by atoms with Crippen molar-refractivity contribution in [3.05, 3.63) is 59.7 Å². The van der Waals surface area contributed by atoms with Gasteiger partial charge in [0.05, 0.1) is 12.7 Å². The van der Waals surface area contributed by atoms with E-state index in [9.17, 15) is 19.2 Å². The van der Waals surface area contributed by atoms with Crippen LogP contribution < -0.4 is 15.5 Å². The monoisotopic (exact) mass is 465 g/mol. The molecule has 1 fully saturated rings. The third kappa shape index (κ3) is 5.61. The van der Waals surface area contributed by atoms with Crippen molar-refractivity contribution in [2.45, 2.75) is 19.3 Å². The summed E-state index contributed by atoms with van der Waals surface area (Å²) in [5.41, 5.74) is 0.906. The van der Waals surface area contributed by atoms with Crippen LogP contribution in [0.25, 0.3) is 11.7 Å². The van der Waals surface area contributed by atoms with Crippen LogP contribution in [0.1, 0.15) is 24.1 Å². The summed E-state index contributed by atoms with van der Waals surface area (Å²) in [6.45, 7) is 1.73. The van der Waals surface area contributed by atoms with Crippen LogP contribution in [-0.2, 0) is 16.0 Å². The quantitative estimate of drug-likeness (QED) is 0.490. The maximum Gasteiger partial charge on any atom is 0.266 e. The number of furan rings is 1. The summed E-state index contributed by atoms with van der Waals surface area (Å²) in [7, 11) is 0. The van der Waals surface area contributed by atoms with Crippen molar-refractivity contribution in [3.63, 3.8) is 0 Å². The number of rotatable bonds is 8. The Morgan fingerprint density at radius 1 is 1.15 bits per heavy atom. The van der Waals surface area contributed by atoms with Gasteiger partial charge in [0.1, 0.15) is 11.9 Å². The van der Waals surface area contributed by atoms with Crippen LogP contribution in [0, 0.1) is 23.1 Å². The number of hydrogen-bond acceptors (Lipinski definition) is 7. The smallest absolute Gasteiger partial charge is 0.266 e. The van der Waals surface area contributed by atoms with Crippen molar-refractivity contribution < 1.29 is 22.8 Å². The zero-order chi connectivity index (χ0) is 23.9. The van der Waals surface area contributed by atoms with Gasteiger partial charge in [-0.05, 0) is 42.7 Å². The summed E-state index contributed by atoms with van der Waals surface area (Å²) in [5, 5.41) is 15.0. The second-order valence-electron chi connectivity index (χ2n) is 7.97. The maximum absolute atomic E-state index is 12.9. The van der Waals surface area contributed by atoms with Crippen LogP contribution in [0.2, 0.25) is 0 Å². The highest BCUT2D eigenvalue weighted by Crippen LogP contribution is 2.31. The SMILES string of the molecule is N#Cc1nc(-c2ccco2)oc1N1CCC(C(=O)NCCNC(=O)Cc2ccc(F)cc2)CC1. The Morgan fingerprint density at radius 2 is 1.88 bits per heavy atom. The minimum atomic E-state index is -0.345. The van der Waals surface area contributed by atoms with Gasteiger partial charge in [-0.25, -0.2) is 4.39 Å². The van der Waals surface area contributed by atoms with Crippen LogP contribution in [0.15, 0.2) is 51.5 Å². The van der Waals surface area contributed by atoms with Gasteiger partial charge in [0, 0.05) is 32.1 Å². The van der Waals surface area contributed by atoms with E-state index in [1.54, 1.807) is 24.3 Å². The standard InChI is InChI=1S/C24H24FN5O4/c25-18-5-3-16(4-6-18)14-21(31)27-9-10-28-22(32)17-7-11-30(12-8-17)24-19(15-26)29-23(34-24)20-2-1-13-33-20/h1-6,13,17H,7-12,14H2,(H,27,31)(H,28,32). The number of benzene rings is 1. The van der Waals surface area contributed by atoms with Crippen LogP contribution in [-0.4, -0.2) is 43.0 Å². The van der Waals surface area contributed by atoms with E-state index in [1.807, 2.05) is 4.90 Å². The van der Waals surface area contributed by atoms with E-state index >= 15 is 0 Å². The molecule has 176 valence electrons. The van der Waals surface area contributed by atoms with Crippen molar-refractivity contribution in [3.8, 4) is 17.7 Å². The van der Waals surface area contributed by atoms with Crippen molar-refractivity contribution in [2.24, 2.45) is 5.92 Å². The Bertz CT molecular complexity index is 1160. The van der Waals surface area contributed by atoms with E-state index in [4.69, 9.17) is 8.83 Å². The summed E-state index contributed by atoms with van der Waals surface area (Å²) in [4.78, 5) is 30.6. The highest BCUT2D eigenvalue weighted by molar-refractivity contribution is 5.80. The van der Waals surface area contributed by atoms with E-state index in [2.05, 4.69) is 21.7 Å². The predicted octanol–water partition coefficient (Wildman–Crippen LogP) is 2.64. The molecule has 0 spiro atoms. The van der Waals surface area contributed by atoms with Gasteiger partial charge in [-0.3, -0.25) is 9.59 Å². The number of aromatic nitrogens is 1. The lowest BCUT2D eigenvalue weighted by Crippen LogP contribution is -2.42. The molecule has 0 bridgehead atoms. The number of carbonyl (C=O) groups is 2. The second-order valence-corrected chi connectivity index (χ2v) is 7.97. The molecule has 2 amide bonds. The first-order chi connectivity index (χ1) is 16.5. The largest absolute Gasteiger partial charge is 0.459 e. The molecule has 3 heterocycles. The van der Waals surface area contributed by atoms with Gasteiger partial charge >= 0.3 is 0 Å². The molecule has 4 rings (SSSR count). The Hall–Kier alpha value is -4.13. The first-order valence-corrected chi connectivity index (χ1v) is 11.0. The predicted molar refractivity (Wildman–Crippen MR) is 120 cm³/mol. The Kier molecular flexibility index (Phi) is 7.22. The van der Waals surface area contributed by atoms with Crippen LogP contribution in [0.4, 0.5) is 10.3 Å². The topological polar surface area (TPSA) is 124 Å². The summed E-state index contributed by atoms with van der Waals surface area (Å²) < 4.78 is 24.0. The summed E-state index contributed by atoms with van der Waals surface area (Å²) >= 11 is 0. The molecule has 10 heteroatoms. The number of hydrogen-bond donors (Lipinski definition) is 2. The zero-order valence-electron chi connectivity index (χ0n) is 18.4. The number of nitrogens with zero attached hydrogens (tertiary/aromatic N) is 3. The van der Waals surface area contributed by atoms with Gasteiger partial charge in [0.25, 0.3) is 5.89 Å². The molecule has 0 saturated carbocycles. The molecule has 1 aliphatic rings. The van der Waals surface area contributed by atoms with E-state index in [-0.39, 0.29) is 41.6 Å². The van der Waals surface area contributed by atoms with Crippen molar-refractivity contribution in [1.29, 1.82) is 5.26 Å². The number of anilines is 1. The molecule has 0 aliphatic carbocycles. The Labute approximate surface area is 195 Å². The maximum atomic E-state index is 12.9. The molecule has 0 unspecified atom stereocenters. The van der Waals surface area contributed by atoms with Crippen LogP contribution in [0.3, 0.4) is 0 Å². The molecule has 1 aromatic carbocycles. The van der Waals surface area contributed by atoms with E-state index in [0.717, 1.165) is 5.56 Å². The fraction of sp³-hybridized carbons (Fsp3) is 0.333. The molecular weight excluding hydrogens is 441 g/mol. The Morgan fingerprint density at radius 3 is 2.56 bits per heavy atom. The molecule has 34 heavy (non-hydrogen) atoms. The van der Waals surface area contributed by atoms with Crippen molar-refractivity contribution >= 4 is 17.7 Å². The van der Waals surface area contributed by atoms with Crippen molar-refractivity contribution in [1.82, 2.24) is 15.6 Å².